The Balaban J connectivity index is 1.72. The smallest absolute Gasteiger partial charge is 0.266 e. The molecule has 1 saturated carbocycles. The molecule has 0 bridgehead atoms. The lowest BCUT2D eigenvalue weighted by Gasteiger charge is -2.23. The molecule has 2 aliphatic rings. The van der Waals surface area contributed by atoms with E-state index in [-0.39, 0.29) is 5.91 Å². The Morgan fingerprint density at radius 1 is 1.34 bits per heavy atom. The molecule has 4 nitrogen and oxygen atoms in total. The van der Waals surface area contributed by atoms with Gasteiger partial charge in [-0.2, -0.15) is 0 Å². The van der Waals surface area contributed by atoms with Gasteiger partial charge in [0.15, 0.2) is 11.5 Å². The fraction of sp³-hybridized carbons (Fsp3) is 0.455. The second kappa shape index (κ2) is 10.5. The first kappa shape index (κ1) is 22.2. The van der Waals surface area contributed by atoms with E-state index in [1.807, 2.05) is 6.08 Å². The number of thioether (sulfide) groups is 1. The number of benzene rings is 1. The third-order valence-electron chi connectivity index (χ3n) is 5.25. The molecule has 3 rings (SSSR count). The Bertz CT molecular complexity index is 819. The predicted molar refractivity (Wildman–Crippen MR) is 125 cm³/mol. The van der Waals surface area contributed by atoms with Crippen LogP contribution in [0.4, 0.5) is 0 Å². The second-order valence-electron chi connectivity index (χ2n) is 7.26. The number of carbonyl (C=O) groups is 1. The summed E-state index contributed by atoms with van der Waals surface area (Å²) in [7, 11) is 1.56. The molecular weight excluding hydrogens is 426 g/mol. The molecule has 0 unspecified atom stereocenters. The van der Waals surface area contributed by atoms with E-state index in [1.54, 1.807) is 30.2 Å². The van der Waals surface area contributed by atoms with Crippen molar-refractivity contribution in [3.8, 4) is 11.5 Å². The minimum Gasteiger partial charge on any atom is -0.493 e. The molecule has 0 atom stereocenters. The number of hydrogen-bond acceptors (Lipinski definition) is 5. The zero-order chi connectivity index (χ0) is 20.8. The molecular formula is C22H26ClNO3S2. The van der Waals surface area contributed by atoms with Gasteiger partial charge in [-0.1, -0.05) is 80.3 Å². The zero-order valence-electron chi connectivity index (χ0n) is 16.6. The molecule has 0 aromatic heterocycles. The van der Waals surface area contributed by atoms with Crippen LogP contribution in [-0.2, 0) is 4.79 Å². The van der Waals surface area contributed by atoms with Gasteiger partial charge in [0, 0.05) is 6.54 Å². The summed E-state index contributed by atoms with van der Waals surface area (Å²) in [5, 5.41) is 0.422. The van der Waals surface area contributed by atoms with Crippen molar-refractivity contribution in [2.24, 2.45) is 5.92 Å². The topological polar surface area (TPSA) is 38.8 Å². The molecule has 7 heteroatoms. The molecule has 2 fully saturated rings. The van der Waals surface area contributed by atoms with Gasteiger partial charge in [0.1, 0.15) is 10.9 Å². The van der Waals surface area contributed by atoms with E-state index in [4.69, 9.17) is 33.3 Å². The number of halogens is 1. The number of amides is 1. The van der Waals surface area contributed by atoms with Gasteiger partial charge >= 0.3 is 0 Å². The molecule has 1 aromatic carbocycles. The van der Waals surface area contributed by atoms with Crippen molar-refractivity contribution in [1.29, 1.82) is 0 Å². The lowest BCUT2D eigenvalue weighted by atomic mass is 9.87. The van der Waals surface area contributed by atoms with Crippen LogP contribution in [0.1, 0.15) is 44.1 Å². The molecule has 1 aromatic rings. The van der Waals surface area contributed by atoms with Crippen molar-refractivity contribution < 1.29 is 14.3 Å². The first-order valence-electron chi connectivity index (χ1n) is 9.90. The number of ether oxygens (including phenoxy) is 2. The summed E-state index contributed by atoms with van der Waals surface area (Å²) in [6, 6.07) is 3.57. The van der Waals surface area contributed by atoms with Crippen molar-refractivity contribution in [3.05, 3.63) is 40.3 Å². The minimum atomic E-state index is -0.0297. The highest BCUT2D eigenvalue weighted by Gasteiger charge is 2.32. The van der Waals surface area contributed by atoms with Gasteiger partial charge in [-0.25, -0.2) is 0 Å². The molecule has 29 heavy (non-hydrogen) atoms. The van der Waals surface area contributed by atoms with Crippen LogP contribution in [0.25, 0.3) is 6.08 Å². The summed E-state index contributed by atoms with van der Waals surface area (Å²) in [5.41, 5.74) is 0.769. The van der Waals surface area contributed by atoms with E-state index in [9.17, 15) is 4.79 Å². The number of hydrogen-bond donors (Lipinski definition) is 0. The van der Waals surface area contributed by atoms with Gasteiger partial charge in [-0.3, -0.25) is 9.69 Å². The number of carbonyl (C=O) groups excluding carboxylic acids is 1. The van der Waals surface area contributed by atoms with Crippen LogP contribution in [0, 0.1) is 5.92 Å². The fourth-order valence-corrected chi connectivity index (χ4v) is 5.32. The third-order valence-corrected chi connectivity index (χ3v) is 6.91. The number of methoxy groups -OCH3 is 1. The van der Waals surface area contributed by atoms with E-state index in [1.165, 1.54) is 43.9 Å². The number of nitrogens with zero attached hydrogens (tertiary/aromatic N) is 1. The monoisotopic (exact) mass is 451 g/mol. The van der Waals surface area contributed by atoms with Gasteiger partial charge in [0.25, 0.3) is 5.91 Å². The summed E-state index contributed by atoms with van der Waals surface area (Å²) in [4.78, 5) is 15.2. The Labute approximate surface area is 187 Å². The standard InChI is InChI=1S/C22H26ClNO3S2/c1-3-11-27-20-17(23)12-16(13-18(20)26-2)14-19-21(25)24(22(28)29-19)10-9-15-7-5-4-6-8-15/h3,12-15H,1,4-11H2,2H3/b19-14-. The van der Waals surface area contributed by atoms with Gasteiger partial charge in [0.2, 0.25) is 0 Å². The third kappa shape index (κ3) is 5.56. The Hall–Kier alpha value is -1.50. The molecule has 1 aliphatic heterocycles. The Kier molecular flexibility index (Phi) is 8.04. The van der Waals surface area contributed by atoms with Crippen molar-refractivity contribution >= 4 is 51.9 Å². The molecule has 0 spiro atoms. The summed E-state index contributed by atoms with van der Waals surface area (Å²) in [6.45, 7) is 4.67. The Morgan fingerprint density at radius 3 is 2.79 bits per heavy atom. The van der Waals surface area contributed by atoms with Crippen LogP contribution >= 0.6 is 35.6 Å². The maximum atomic E-state index is 12.9. The van der Waals surface area contributed by atoms with Crippen LogP contribution in [0.3, 0.4) is 0 Å². The van der Waals surface area contributed by atoms with E-state index < -0.39 is 0 Å². The maximum Gasteiger partial charge on any atom is 0.266 e. The quantitative estimate of drug-likeness (QED) is 0.272. The first-order chi connectivity index (χ1) is 14.0. The van der Waals surface area contributed by atoms with E-state index in [0.717, 1.165) is 12.0 Å². The molecule has 1 amide bonds. The van der Waals surface area contributed by atoms with Gasteiger partial charge in [0.05, 0.1) is 17.0 Å². The highest BCUT2D eigenvalue weighted by molar-refractivity contribution is 8.26. The second-order valence-corrected chi connectivity index (χ2v) is 9.34. The summed E-state index contributed by atoms with van der Waals surface area (Å²) >= 11 is 13.2. The number of rotatable bonds is 8. The van der Waals surface area contributed by atoms with Crippen molar-refractivity contribution in [2.75, 3.05) is 20.3 Å². The molecule has 1 heterocycles. The lowest BCUT2D eigenvalue weighted by molar-refractivity contribution is -0.122. The summed E-state index contributed by atoms with van der Waals surface area (Å²) < 4.78 is 11.6. The average molecular weight is 452 g/mol. The SMILES string of the molecule is C=CCOc1c(Cl)cc(/C=C2\SC(=S)N(CCC3CCCCC3)C2=O)cc1OC. The largest absolute Gasteiger partial charge is 0.493 e. The highest BCUT2D eigenvalue weighted by atomic mass is 35.5. The highest BCUT2D eigenvalue weighted by Crippen LogP contribution is 2.39. The van der Waals surface area contributed by atoms with Gasteiger partial charge < -0.3 is 9.47 Å². The van der Waals surface area contributed by atoms with Crippen LogP contribution in [0.15, 0.2) is 29.7 Å². The molecule has 0 N–H and O–H groups in total. The molecule has 0 radical (unpaired) electrons. The van der Waals surface area contributed by atoms with Crippen LogP contribution in [-0.4, -0.2) is 35.4 Å². The van der Waals surface area contributed by atoms with Gasteiger partial charge in [-0.05, 0) is 36.1 Å². The van der Waals surface area contributed by atoms with Crippen LogP contribution in [0.5, 0.6) is 11.5 Å². The fourth-order valence-electron chi connectivity index (χ4n) is 3.74. The van der Waals surface area contributed by atoms with E-state index >= 15 is 0 Å². The minimum absolute atomic E-state index is 0.0297. The van der Waals surface area contributed by atoms with Gasteiger partial charge in [-0.15, -0.1) is 0 Å². The molecule has 156 valence electrons. The lowest BCUT2D eigenvalue weighted by Crippen LogP contribution is -2.30. The van der Waals surface area contributed by atoms with Crippen molar-refractivity contribution in [1.82, 2.24) is 4.90 Å². The summed E-state index contributed by atoms with van der Waals surface area (Å²) in [5.74, 6) is 1.66. The predicted octanol–water partition coefficient (Wildman–Crippen LogP) is 6.09. The number of thiocarbonyl (C=S) groups is 1. The first-order valence-corrected chi connectivity index (χ1v) is 11.5. The average Bonchev–Trinajstić information content (AvgIpc) is 2.98. The molecule has 1 saturated heterocycles. The van der Waals surface area contributed by atoms with E-state index in [0.29, 0.717) is 44.8 Å². The summed E-state index contributed by atoms with van der Waals surface area (Å²) in [6.07, 6.45) is 11.0. The van der Waals surface area contributed by atoms with Crippen LogP contribution in [0.2, 0.25) is 5.02 Å². The maximum absolute atomic E-state index is 12.9. The van der Waals surface area contributed by atoms with Crippen molar-refractivity contribution in [3.63, 3.8) is 0 Å². The zero-order valence-corrected chi connectivity index (χ0v) is 19.0. The van der Waals surface area contributed by atoms with E-state index in [2.05, 4.69) is 6.58 Å². The van der Waals surface area contributed by atoms with Crippen LogP contribution < -0.4 is 9.47 Å². The Morgan fingerprint density at radius 2 is 2.10 bits per heavy atom. The normalized spacial score (nSPS) is 19.1. The van der Waals surface area contributed by atoms with Crippen molar-refractivity contribution in [2.45, 2.75) is 38.5 Å². The molecule has 1 aliphatic carbocycles.